The van der Waals surface area contributed by atoms with Gasteiger partial charge in [-0.3, -0.25) is 0 Å². The zero-order valence-electron chi connectivity index (χ0n) is 11.2. The second-order valence-electron chi connectivity index (χ2n) is 5.01. The molecule has 0 heterocycles. The predicted octanol–water partition coefficient (Wildman–Crippen LogP) is 3.08. The minimum atomic E-state index is -2.84. The number of benzene rings is 1. The first kappa shape index (κ1) is 15.9. The number of alkyl halides is 2. The summed E-state index contributed by atoms with van der Waals surface area (Å²) in [5.41, 5.74) is 6.64. The maximum atomic E-state index is 12.0. The number of rotatable bonds is 7. The third kappa shape index (κ3) is 5.53. The van der Waals surface area contributed by atoms with Crippen molar-refractivity contribution in [3.63, 3.8) is 0 Å². The first-order valence-electron chi connectivity index (χ1n) is 6.38. The van der Waals surface area contributed by atoms with Crippen LogP contribution in [0.5, 0.6) is 5.75 Å². The SMILES string of the molecule is CC(C)CC[C@H](O)[C@H](N)c1ccc(OC(F)F)cc1. The molecule has 1 aromatic rings. The smallest absolute Gasteiger partial charge is 0.387 e. The molecule has 0 aromatic heterocycles. The molecule has 5 heteroatoms. The van der Waals surface area contributed by atoms with Crippen LogP contribution in [-0.2, 0) is 0 Å². The number of ether oxygens (including phenoxy) is 1. The van der Waals surface area contributed by atoms with Crippen LogP contribution in [0.2, 0.25) is 0 Å². The van der Waals surface area contributed by atoms with Gasteiger partial charge in [-0.2, -0.15) is 8.78 Å². The van der Waals surface area contributed by atoms with Gasteiger partial charge >= 0.3 is 6.61 Å². The molecule has 0 aliphatic rings. The first-order valence-corrected chi connectivity index (χ1v) is 6.38. The van der Waals surface area contributed by atoms with E-state index >= 15 is 0 Å². The summed E-state index contributed by atoms with van der Waals surface area (Å²) in [4.78, 5) is 0. The summed E-state index contributed by atoms with van der Waals surface area (Å²) in [7, 11) is 0. The van der Waals surface area contributed by atoms with Crippen molar-refractivity contribution in [2.45, 2.75) is 45.4 Å². The number of nitrogens with two attached hydrogens (primary N) is 1. The predicted molar refractivity (Wildman–Crippen MR) is 70.1 cm³/mol. The molecule has 1 aromatic carbocycles. The van der Waals surface area contributed by atoms with Gasteiger partial charge in [0, 0.05) is 0 Å². The van der Waals surface area contributed by atoms with Crippen LogP contribution in [0.25, 0.3) is 0 Å². The highest BCUT2D eigenvalue weighted by molar-refractivity contribution is 5.29. The molecule has 0 fully saturated rings. The second kappa shape index (κ2) is 7.40. The number of aliphatic hydroxyl groups excluding tert-OH is 1. The normalized spacial score (nSPS) is 14.7. The molecule has 0 bridgehead atoms. The summed E-state index contributed by atoms with van der Waals surface area (Å²) in [6.07, 6.45) is 0.875. The molecule has 0 unspecified atom stereocenters. The fraction of sp³-hybridized carbons (Fsp3) is 0.571. The van der Waals surface area contributed by atoms with Crippen LogP contribution in [0, 0.1) is 5.92 Å². The van der Waals surface area contributed by atoms with E-state index in [-0.39, 0.29) is 5.75 Å². The average molecular weight is 273 g/mol. The van der Waals surface area contributed by atoms with E-state index in [0.29, 0.717) is 17.9 Å². The van der Waals surface area contributed by atoms with Gasteiger partial charge in [0.2, 0.25) is 0 Å². The molecule has 0 aliphatic carbocycles. The fourth-order valence-electron chi connectivity index (χ4n) is 1.78. The zero-order valence-corrected chi connectivity index (χ0v) is 11.2. The molecule has 3 N–H and O–H groups in total. The Balaban J connectivity index is 2.59. The molecule has 1 rings (SSSR count). The zero-order chi connectivity index (χ0) is 14.4. The largest absolute Gasteiger partial charge is 0.435 e. The lowest BCUT2D eigenvalue weighted by Crippen LogP contribution is -2.26. The number of aliphatic hydroxyl groups is 1. The Morgan fingerprint density at radius 2 is 1.74 bits per heavy atom. The molecule has 0 amide bonds. The van der Waals surface area contributed by atoms with E-state index in [2.05, 4.69) is 18.6 Å². The molecular weight excluding hydrogens is 252 g/mol. The topological polar surface area (TPSA) is 55.5 Å². The number of halogens is 2. The van der Waals surface area contributed by atoms with Crippen LogP contribution in [0.4, 0.5) is 8.78 Å². The Bertz CT molecular complexity index is 368. The van der Waals surface area contributed by atoms with Gasteiger partial charge in [-0.1, -0.05) is 26.0 Å². The highest BCUT2D eigenvalue weighted by Gasteiger charge is 2.17. The molecule has 0 saturated heterocycles. The monoisotopic (exact) mass is 273 g/mol. The van der Waals surface area contributed by atoms with Crippen molar-refractivity contribution in [1.82, 2.24) is 0 Å². The van der Waals surface area contributed by atoms with Gasteiger partial charge in [-0.15, -0.1) is 0 Å². The number of hydrogen-bond acceptors (Lipinski definition) is 3. The Morgan fingerprint density at radius 1 is 1.16 bits per heavy atom. The van der Waals surface area contributed by atoms with Crippen molar-refractivity contribution in [2.24, 2.45) is 11.7 Å². The maximum absolute atomic E-state index is 12.0. The molecule has 2 atom stereocenters. The second-order valence-corrected chi connectivity index (χ2v) is 5.01. The van der Waals surface area contributed by atoms with E-state index in [0.717, 1.165) is 6.42 Å². The Labute approximate surface area is 112 Å². The first-order chi connectivity index (χ1) is 8.90. The molecule has 0 saturated carbocycles. The van der Waals surface area contributed by atoms with Gasteiger partial charge < -0.3 is 15.6 Å². The Morgan fingerprint density at radius 3 is 2.21 bits per heavy atom. The van der Waals surface area contributed by atoms with Crippen molar-refractivity contribution in [3.8, 4) is 5.75 Å². The molecular formula is C14H21F2NO2. The van der Waals surface area contributed by atoms with Crippen molar-refractivity contribution in [3.05, 3.63) is 29.8 Å². The minimum absolute atomic E-state index is 0.0858. The third-order valence-corrected chi connectivity index (χ3v) is 2.94. The number of hydrogen-bond donors (Lipinski definition) is 2. The van der Waals surface area contributed by atoms with Crippen LogP contribution in [0.3, 0.4) is 0 Å². The van der Waals surface area contributed by atoms with Crippen molar-refractivity contribution in [2.75, 3.05) is 0 Å². The molecule has 3 nitrogen and oxygen atoms in total. The summed E-state index contributed by atoms with van der Waals surface area (Å²) in [5.74, 6) is 0.589. The van der Waals surface area contributed by atoms with Crippen LogP contribution in [0.1, 0.15) is 38.3 Å². The van der Waals surface area contributed by atoms with E-state index in [1.807, 2.05) is 0 Å². The van der Waals surface area contributed by atoms with Crippen molar-refractivity contribution < 1.29 is 18.6 Å². The van der Waals surface area contributed by atoms with E-state index in [9.17, 15) is 13.9 Å². The summed E-state index contributed by atoms with van der Waals surface area (Å²) in [6.45, 7) is 1.32. The Kier molecular flexibility index (Phi) is 6.18. The van der Waals surface area contributed by atoms with E-state index in [1.165, 1.54) is 12.1 Å². The van der Waals surface area contributed by atoms with E-state index < -0.39 is 18.8 Å². The van der Waals surface area contributed by atoms with Crippen LogP contribution >= 0.6 is 0 Å². The fourth-order valence-corrected chi connectivity index (χ4v) is 1.78. The lowest BCUT2D eigenvalue weighted by molar-refractivity contribution is -0.0498. The van der Waals surface area contributed by atoms with E-state index in [4.69, 9.17) is 5.73 Å². The van der Waals surface area contributed by atoms with Gasteiger partial charge in [0.05, 0.1) is 12.1 Å². The summed E-state index contributed by atoms with van der Waals surface area (Å²) in [6, 6.07) is 5.54. The van der Waals surface area contributed by atoms with Gasteiger partial charge in [0.15, 0.2) is 0 Å². The van der Waals surface area contributed by atoms with Crippen LogP contribution in [0.15, 0.2) is 24.3 Å². The molecule has 19 heavy (non-hydrogen) atoms. The van der Waals surface area contributed by atoms with Crippen molar-refractivity contribution >= 4 is 0 Å². The lowest BCUT2D eigenvalue weighted by Gasteiger charge is -2.20. The highest BCUT2D eigenvalue weighted by atomic mass is 19.3. The van der Waals surface area contributed by atoms with Crippen LogP contribution < -0.4 is 10.5 Å². The average Bonchev–Trinajstić information content (AvgIpc) is 2.35. The molecule has 0 spiro atoms. The highest BCUT2D eigenvalue weighted by Crippen LogP contribution is 2.22. The summed E-state index contributed by atoms with van der Waals surface area (Å²) >= 11 is 0. The summed E-state index contributed by atoms with van der Waals surface area (Å²) < 4.78 is 28.2. The molecule has 108 valence electrons. The standard InChI is InChI=1S/C14H21F2NO2/c1-9(2)3-8-12(18)13(17)10-4-6-11(7-5-10)19-14(15)16/h4-7,9,12-14,18H,3,8,17H2,1-2H3/t12-,13+/m0/s1. The lowest BCUT2D eigenvalue weighted by atomic mass is 9.96. The van der Waals surface area contributed by atoms with E-state index in [1.54, 1.807) is 12.1 Å². The van der Waals surface area contributed by atoms with Crippen LogP contribution in [-0.4, -0.2) is 17.8 Å². The summed E-state index contributed by atoms with van der Waals surface area (Å²) in [5, 5.41) is 9.96. The minimum Gasteiger partial charge on any atom is -0.435 e. The molecule has 0 radical (unpaired) electrons. The maximum Gasteiger partial charge on any atom is 0.387 e. The molecule has 0 aliphatic heterocycles. The van der Waals surface area contributed by atoms with Gasteiger partial charge in [0.1, 0.15) is 5.75 Å². The third-order valence-electron chi connectivity index (χ3n) is 2.94. The van der Waals surface area contributed by atoms with Gasteiger partial charge in [-0.05, 0) is 36.5 Å². The quantitative estimate of drug-likeness (QED) is 0.802. The van der Waals surface area contributed by atoms with Gasteiger partial charge in [-0.25, -0.2) is 0 Å². The van der Waals surface area contributed by atoms with Gasteiger partial charge in [0.25, 0.3) is 0 Å². The van der Waals surface area contributed by atoms with Crippen molar-refractivity contribution in [1.29, 1.82) is 0 Å². The Hall–Kier alpha value is -1.20.